The first-order chi connectivity index (χ1) is 7.65. The molecule has 1 rings (SSSR count). The molecule has 3 nitrogen and oxygen atoms in total. The van der Waals surface area contributed by atoms with Crippen LogP contribution in [0.4, 0.5) is 0 Å². The summed E-state index contributed by atoms with van der Waals surface area (Å²) in [6.45, 7) is 8.43. The fraction of sp³-hybridized carbons (Fsp3) is 0.615. The first-order valence-corrected chi connectivity index (χ1v) is 5.90. The van der Waals surface area contributed by atoms with Crippen LogP contribution in [0.2, 0.25) is 0 Å². The minimum atomic E-state index is 0.675. The van der Waals surface area contributed by atoms with Gasteiger partial charge in [0.25, 0.3) is 0 Å². The Kier molecular flexibility index (Phi) is 5.26. The number of ether oxygens (including phenoxy) is 1. The van der Waals surface area contributed by atoms with Crippen molar-refractivity contribution in [3.63, 3.8) is 0 Å². The summed E-state index contributed by atoms with van der Waals surface area (Å²) in [7, 11) is 1.66. The van der Waals surface area contributed by atoms with Gasteiger partial charge in [-0.15, -0.1) is 0 Å². The number of rotatable bonds is 6. The van der Waals surface area contributed by atoms with Crippen molar-refractivity contribution >= 4 is 0 Å². The number of pyridine rings is 1. The highest BCUT2D eigenvalue weighted by molar-refractivity contribution is 5.25. The summed E-state index contributed by atoms with van der Waals surface area (Å²) >= 11 is 0. The number of aryl methyl sites for hydroxylation is 1. The number of hydrogen-bond donors (Lipinski definition) is 1. The molecule has 0 atom stereocenters. The molecule has 1 heterocycles. The maximum atomic E-state index is 5.19. The number of methoxy groups -OCH3 is 1. The average Bonchev–Trinajstić information content (AvgIpc) is 2.28. The molecule has 0 saturated heterocycles. The molecule has 0 aliphatic heterocycles. The molecule has 90 valence electrons. The Morgan fingerprint density at radius 2 is 2.12 bits per heavy atom. The Balaban J connectivity index is 2.64. The van der Waals surface area contributed by atoms with Crippen molar-refractivity contribution in [2.75, 3.05) is 13.7 Å². The average molecular weight is 222 g/mol. The van der Waals surface area contributed by atoms with E-state index in [4.69, 9.17) is 4.74 Å². The molecule has 0 aromatic carbocycles. The summed E-state index contributed by atoms with van der Waals surface area (Å²) in [5.41, 5.74) is 2.32. The van der Waals surface area contributed by atoms with Crippen molar-refractivity contribution in [1.82, 2.24) is 10.3 Å². The van der Waals surface area contributed by atoms with Gasteiger partial charge in [-0.2, -0.15) is 0 Å². The van der Waals surface area contributed by atoms with E-state index >= 15 is 0 Å². The molecule has 0 radical (unpaired) electrons. The zero-order valence-electron chi connectivity index (χ0n) is 10.7. The summed E-state index contributed by atoms with van der Waals surface area (Å²) in [5.74, 6) is 1.38. The third-order valence-corrected chi connectivity index (χ3v) is 2.37. The summed E-state index contributed by atoms with van der Waals surface area (Å²) < 4.78 is 5.19. The quantitative estimate of drug-likeness (QED) is 0.802. The van der Waals surface area contributed by atoms with Gasteiger partial charge < -0.3 is 10.1 Å². The summed E-state index contributed by atoms with van der Waals surface area (Å²) in [6, 6.07) is 4.13. The monoisotopic (exact) mass is 222 g/mol. The lowest BCUT2D eigenvalue weighted by Gasteiger charge is -2.09. The SMILES string of the molecule is CCc1cc(CNCC(C)C)cc(OC)n1. The fourth-order valence-corrected chi connectivity index (χ4v) is 1.51. The van der Waals surface area contributed by atoms with Gasteiger partial charge in [0.1, 0.15) is 0 Å². The van der Waals surface area contributed by atoms with Crippen LogP contribution in [0.1, 0.15) is 32.0 Å². The van der Waals surface area contributed by atoms with E-state index in [1.54, 1.807) is 7.11 Å². The Labute approximate surface area is 98.2 Å². The van der Waals surface area contributed by atoms with Crippen molar-refractivity contribution in [1.29, 1.82) is 0 Å². The third-order valence-electron chi connectivity index (χ3n) is 2.37. The maximum Gasteiger partial charge on any atom is 0.213 e. The smallest absolute Gasteiger partial charge is 0.213 e. The molecule has 1 aromatic heterocycles. The molecular weight excluding hydrogens is 200 g/mol. The van der Waals surface area contributed by atoms with E-state index in [0.29, 0.717) is 11.8 Å². The summed E-state index contributed by atoms with van der Waals surface area (Å²) in [4.78, 5) is 4.36. The molecule has 0 aliphatic rings. The molecule has 16 heavy (non-hydrogen) atoms. The second kappa shape index (κ2) is 6.48. The van der Waals surface area contributed by atoms with Gasteiger partial charge >= 0.3 is 0 Å². The highest BCUT2D eigenvalue weighted by atomic mass is 16.5. The second-order valence-electron chi connectivity index (χ2n) is 4.39. The van der Waals surface area contributed by atoms with Gasteiger partial charge in [0.2, 0.25) is 5.88 Å². The molecule has 0 bridgehead atoms. The zero-order valence-corrected chi connectivity index (χ0v) is 10.7. The molecule has 1 aromatic rings. The van der Waals surface area contributed by atoms with E-state index in [1.165, 1.54) is 5.56 Å². The van der Waals surface area contributed by atoms with E-state index in [1.807, 2.05) is 6.07 Å². The number of hydrogen-bond acceptors (Lipinski definition) is 3. The van der Waals surface area contributed by atoms with Crippen molar-refractivity contribution in [3.8, 4) is 5.88 Å². The van der Waals surface area contributed by atoms with Crippen molar-refractivity contribution < 1.29 is 4.74 Å². The van der Waals surface area contributed by atoms with Crippen LogP contribution in [0, 0.1) is 5.92 Å². The van der Waals surface area contributed by atoms with E-state index in [2.05, 4.69) is 37.1 Å². The summed E-state index contributed by atoms with van der Waals surface area (Å²) in [6.07, 6.45) is 0.939. The molecule has 0 spiro atoms. The highest BCUT2D eigenvalue weighted by Crippen LogP contribution is 2.12. The number of aromatic nitrogens is 1. The lowest BCUT2D eigenvalue weighted by atomic mass is 10.2. The van der Waals surface area contributed by atoms with Crippen LogP contribution in [0.5, 0.6) is 5.88 Å². The van der Waals surface area contributed by atoms with Gasteiger partial charge in [-0.3, -0.25) is 0 Å². The number of nitrogens with one attached hydrogen (secondary N) is 1. The lowest BCUT2D eigenvalue weighted by Crippen LogP contribution is -2.19. The van der Waals surface area contributed by atoms with Crippen LogP contribution in [0.15, 0.2) is 12.1 Å². The molecular formula is C13H22N2O. The molecule has 0 saturated carbocycles. The molecule has 0 aliphatic carbocycles. The lowest BCUT2D eigenvalue weighted by molar-refractivity contribution is 0.395. The fourth-order valence-electron chi connectivity index (χ4n) is 1.51. The molecule has 0 unspecified atom stereocenters. The Hall–Kier alpha value is -1.09. The van der Waals surface area contributed by atoms with E-state index < -0.39 is 0 Å². The van der Waals surface area contributed by atoms with Gasteiger partial charge in [-0.05, 0) is 30.5 Å². The van der Waals surface area contributed by atoms with Gasteiger partial charge in [0.15, 0.2) is 0 Å². The standard InChI is InChI=1S/C13H22N2O/c1-5-12-6-11(7-13(15-12)16-4)9-14-8-10(2)3/h6-7,10,14H,5,8-9H2,1-4H3. The second-order valence-corrected chi connectivity index (χ2v) is 4.39. The van der Waals surface area contributed by atoms with Gasteiger partial charge in [0, 0.05) is 18.3 Å². The topological polar surface area (TPSA) is 34.1 Å². The van der Waals surface area contributed by atoms with Crippen LogP contribution in [-0.4, -0.2) is 18.6 Å². The van der Waals surface area contributed by atoms with Gasteiger partial charge in [-0.1, -0.05) is 20.8 Å². The van der Waals surface area contributed by atoms with E-state index in [-0.39, 0.29) is 0 Å². The minimum Gasteiger partial charge on any atom is -0.481 e. The van der Waals surface area contributed by atoms with Crippen LogP contribution in [-0.2, 0) is 13.0 Å². The van der Waals surface area contributed by atoms with E-state index in [9.17, 15) is 0 Å². The van der Waals surface area contributed by atoms with Crippen LogP contribution >= 0.6 is 0 Å². The van der Waals surface area contributed by atoms with Crippen molar-refractivity contribution in [2.45, 2.75) is 33.7 Å². The van der Waals surface area contributed by atoms with Gasteiger partial charge in [0.05, 0.1) is 7.11 Å². The predicted octanol–water partition coefficient (Wildman–Crippen LogP) is 2.40. The number of nitrogens with zero attached hydrogens (tertiary/aromatic N) is 1. The van der Waals surface area contributed by atoms with Crippen molar-refractivity contribution in [3.05, 3.63) is 23.4 Å². The normalized spacial score (nSPS) is 10.8. The predicted molar refractivity (Wildman–Crippen MR) is 66.7 cm³/mol. The first-order valence-electron chi connectivity index (χ1n) is 5.90. The van der Waals surface area contributed by atoms with Crippen LogP contribution in [0.25, 0.3) is 0 Å². The Morgan fingerprint density at radius 1 is 1.38 bits per heavy atom. The Morgan fingerprint density at radius 3 is 2.69 bits per heavy atom. The Bertz CT molecular complexity index is 301. The van der Waals surface area contributed by atoms with Gasteiger partial charge in [-0.25, -0.2) is 4.98 Å². The van der Waals surface area contributed by atoms with Crippen molar-refractivity contribution in [2.24, 2.45) is 5.92 Å². The van der Waals surface area contributed by atoms with Crippen LogP contribution in [0.3, 0.4) is 0 Å². The highest BCUT2D eigenvalue weighted by Gasteiger charge is 2.02. The van der Waals surface area contributed by atoms with E-state index in [0.717, 1.165) is 25.2 Å². The third kappa shape index (κ3) is 4.19. The maximum absolute atomic E-state index is 5.19. The summed E-state index contributed by atoms with van der Waals surface area (Å²) in [5, 5.41) is 3.42. The molecule has 0 amide bonds. The molecule has 0 fully saturated rings. The first kappa shape index (κ1) is 13.0. The largest absolute Gasteiger partial charge is 0.481 e. The molecule has 3 heteroatoms. The zero-order chi connectivity index (χ0) is 12.0. The van der Waals surface area contributed by atoms with Crippen LogP contribution < -0.4 is 10.1 Å². The minimum absolute atomic E-state index is 0.675. The molecule has 1 N–H and O–H groups in total.